The predicted octanol–water partition coefficient (Wildman–Crippen LogP) is 0.515. The molecule has 1 N–H and O–H groups in total. The number of nitrogens with one attached hydrogen (secondary N) is 1. The molecule has 1 unspecified atom stereocenters. The Kier molecular flexibility index (Phi) is 3.73. The van der Waals surface area contributed by atoms with Crippen molar-refractivity contribution in [3.63, 3.8) is 0 Å². The number of nitrogens with zero attached hydrogens (tertiary/aromatic N) is 3. The topological polar surface area (TPSA) is 71.3 Å². The second-order valence-corrected chi connectivity index (χ2v) is 4.38. The van der Waals surface area contributed by atoms with Crippen molar-refractivity contribution in [1.82, 2.24) is 20.4 Å². The third-order valence-electron chi connectivity index (χ3n) is 3.04. The van der Waals surface area contributed by atoms with Crippen LogP contribution in [0.4, 0.5) is 0 Å². The summed E-state index contributed by atoms with van der Waals surface area (Å²) in [5.41, 5.74) is 0. The molecular weight excluding hydrogens is 220 g/mol. The van der Waals surface area contributed by atoms with E-state index in [1.54, 1.807) is 6.92 Å². The largest absolute Gasteiger partial charge is 0.342 e. The smallest absolute Gasteiger partial charge is 0.240 e. The van der Waals surface area contributed by atoms with Crippen molar-refractivity contribution in [2.45, 2.75) is 32.2 Å². The third kappa shape index (κ3) is 2.82. The Bertz CT molecular complexity index is 391. The van der Waals surface area contributed by atoms with Gasteiger partial charge < -0.3 is 14.7 Å². The Morgan fingerprint density at radius 1 is 1.65 bits per heavy atom. The molecule has 1 aromatic rings. The Morgan fingerprint density at radius 3 is 3.18 bits per heavy atom. The second kappa shape index (κ2) is 5.27. The van der Waals surface area contributed by atoms with E-state index in [9.17, 15) is 4.79 Å². The molecule has 6 heteroatoms. The van der Waals surface area contributed by atoms with Gasteiger partial charge in [-0.2, -0.15) is 4.98 Å². The van der Waals surface area contributed by atoms with Gasteiger partial charge in [0, 0.05) is 25.9 Å². The van der Waals surface area contributed by atoms with Crippen LogP contribution >= 0.6 is 0 Å². The van der Waals surface area contributed by atoms with Crippen LogP contribution in [0, 0.1) is 0 Å². The van der Waals surface area contributed by atoms with Gasteiger partial charge in [0.2, 0.25) is 11.8 Å². The first-order valence-corrected chi connectivity index (χ1v) is 5.93. The summed E-state index contributed by atoms with van der Waals surface area (Å²) in [6.45, 7) is 3.72. The van der Waals surface area contributed by atoms with Crippen molar-refractivity contribution in [2.24, 2.45) is 0 Å². The standard InChI is InChI=1S/C11H18N4O2/c1-8(16)15-5-3-4-9(7-15)11-13-10(6-12-2)17-14-11/h9,12H,3-7H2,1-2H3. The Labute approximate surface area is 100 Å². The zero-order valence-corrected chi connectivity index (χ0v) is 10.3. The number of piperidine rings is 1. The summed E-state index contributed by atoms with van der Waals surface area (Å²) in [6, 6.07) is 0. The lowest BCUT2D eigenvalue weighted by molar-refractivity contribution is -0.130. The SMILES string of the molecule is CNCc1nc(C2CCCN(C(C)=O)C2)no1. The molecule has 0 saturated carbocycles. The zero-order chi connectivity index (χ0) is 12.3. The monoisotopic (exact) mass is 238 g/mol. The number of carbonyl (C=O) groups excluding carboxylic acids is 1. The average molecular weight is 238 g/mol. The number of hydrogen-bond donors (Lipinski definition) is 1. The van der Waals surface area contributed by atoms with Crippen molar-refractivity contribution in [2.75, 3.05) is 20.1 Å². The molecule has 1 amide bonds. The van der Waals surface area contributed by atoms with Crippen LogP contribution in [-0.4, -0.2) is 41.1 Å². The van der Waals surface area contributed by atoms with Crippen LogP contribution in [0.3, 0.4) is 0 Å². The lowest BCUT2D eigenvalue weighted by Crippen LogP contribution is -2.37. The number of aromatic nitrogens is 2. The first-order valence-electron chi connectivity index (χ1n) is 5.93. The summed E-state index contributed by atoms with van der Waals surface area (Å²) in [5, 5.41) is 6.95. The first-order chi connectivity index (χ1) is 8.20. The highest BCUT2D eigenvalue weighted by Gasteiger charge is 2.26. The van der Waals surface area contributed by atoms with Gasteiger partial charge in [0.25, 0.3) is 0 Å². The van der Waals surface area contributed by atoms with E-state index in [-0.39, 0.29) is 11.8 Å². The fourth-order valence-corrected chi connectivity index (χ4v) is 2.13. The van der Waals surface area contributed by atoms with Gasteiger partial charge >= 0.3 is 0 Å². The molecule has 6 nitrogen and oxygen atoms in total. The lowest BCUT2D eigenvalue weighted by atomic mass is 9.97. The normalized spacial score (nSPS) is 20.6. The van der Waals surface area contributed by atoms with E-state index < -0.39 is 0 Å². The molecule has 1 aliphatic heterocycles. The highest BCUT2D eigenvalue weighted by atomic mass is 16.5. The van der Waals surface area contributed by atoms with E-state index in [1.807, 2.05) is 11.9 Å². The number of rotatable bonds is 3. The van der Waals surface area contributed by atoms with Crippen molar-refractivity contribution in [3.8, 4) is 0 Å². The lowest BCUT2D eigenvalue weighted by Gasteiger charge is -2.30. The van der Waals surface area contributed by atoms with Gasteiger partial charge in [0.1, 0.15) is 0 Å². The number of likely N-dealkylation sites (tertiary alicyclic amines) is 1. The summed E-state index contributed by atoms with van der Waals surface area (Å²) < 4.78 is 5.13. The first kappa shape index (κ1) is 12.0. The van der Waals surface area contributed by atoms with E-state index in [1.165, 1.54) is 0 Å². The van der Waals surface area contributed by atoms with Gasteiger partial charge in [-0.1, -0.05) is 5.16 Å². The maximum Gasteiger partial charge on any atom is 0.240 e. The molecule has 1 fully saturated rings. The Hall–Kier alpha value is -1.43. The highest BCUT2D eigenvalue weighted by Crippen LogP contribution is 2.24. The molecule has 0 aliphatic carbocycles. The van der Waals surface area contributed by atoms with Crippen molar-refractivity contribution >= 4 is 5.91 Å². The van der Waals surface area contributed by atoms with Gasteiger partial charge in [0.15, 0.2) is 5.82 Å². The fraction of sp³-hybridized carbons (Fsp3) is 0.727. The summed E-state index contributed by atoms with van der Waals surface area (Å²) in [7, 11) is 1.84. The maximum absolute atomic E-state index is 11.3. The van der Waals surface area contributed by atoms with Gasteiger partial charge in [0.05, 0.1) is 6.54 Å². The molecule has 0 spiro atoms. The number of carbonyl (C=O) groups is 1. The summed E-state index contributed by atoms with van der Waals surface area (Å²) >= 11 is 0. The molecule has 1 atom stereocenters. The molecule has 2 rings (SSSR count). The Morgan fingerprint density at radius 2 is 2.47 bits per heavy atom. The van der Waals surface area contributed by atoms with Crippen LogP contribution in [-0.2, 0) is 11.3 Å². The quantitative estimate of drug-likeness (QED) is 0.831. The molecule has 1 saturated heterocycles. The molecule has 17 heavy (non-hydrogen) atoms. The Balaban J connectivity index is 2.02. The minimum absolute atomic E-state index is 0.119. The maximum atomic E-state index is 11.3. The molecule has 0 bridgehead atoms. The second-order valence-electron chi connectivity index (χ2n) is 4.38. The molecule has 0 aromatic carbocycles. The van der Waals surface area contributed by atoms with Crippen LogP contribution in [0.15, 0.2) is 4.52 Å². The summed E-state index contributed by atoms with van der Waals surface area (Å²) in [4.78, 5) is 17.5. The van der Waals surface area contributed by atoms with E-state index >= 15 is 0 Å². The molecule has 1 aromatic heterocycles. The van der Waals surface area contributed by atoms with Crippen molar-refractivity contribution in [3.05, 3.63) is 11.7 Å². The molecule has 1 aliphatic rings. The van der Waals surface area contributed by atoms with E-state index in [0.29, 0.717) is 19.0 Å². The van der Waals surface area contributed by atoms with Gasteiger partial charge in [-0.25, -0.2) is 0 Å². The van der Waals surface area contributed by atoms with Crippen LogP contribution in [0.25, 0.3) is 0 Å². The van der Waals surface area contributed by atoms with Crippen LogP contribution in [0.2, 0.25) is 0 Å². The van der Waals surface area contributed by atoms with E-state index in [4.69, 9.17) is 4.52 Å². The number of amides is 1. The predicted molar refractivity (Wildman–Crippen MR) is 61.3 cm³/mol. The number of hydrogen-bond acceptors (Lipinski definition) is 5. The summed E-state index contributed by atoms with van der Waals surface area (Å²) in [5.74, 6) is 1.65. The van der Waals surface area contributed by atoms with Gasteiger partial charge in [-0.3, -0.25) is 4.79 Å². The van der Waals surface area contributed by atoms with Crippen LogP contribution < -0.4 is 5.32 Å². The third-order valence-corrected chi connectivity index (χ3v) is 3.04. The molecule has 0 radical (unpaired) electrons. The minimum atomic E-state index is 0.119. The van der Waals surface area contributed by atoms with Crippen LogP contribution in [0.1, 0.15) is 37.4 Å². The van der Waals surface area contributed by atoms with Gasteiger partial charge in [-0.15, -0.1) is 0 Å². The van der Waals surface area contributed by atoms with Crippen molar-refractivity contribution < 1.29 is 9.32 Å². The molecule has 94 valence electrons. The molecular formula is C11H18N4O2. The van der Waals surface area contributed by atoms with E-state index in [2.05, 4.69) is 15.5 Å². The summed E-state index contributed by atoms with van der Waals surface area (Å²) in [6.07, 6.45) is 2.02. The fourth-order valence-electron chi connectivity index (χ4n) is 2.13. The average Bonchev–Trinajstić information content (AvgIpc) is 2.78. The van der Waals surface area contributed by atoms with Crippen molar-refractivity contribution in [1.29, 1.82) is 0 Å². The molecule has 2 heterocycles. The highest BCUT2D eigenvalue weighted by molar-refractivity contribution is 5.73. The zero-order valence-electron chi connectivity index (χ0n) is 10.3. The van der Waals surface area contributed by atoms with E-state index in [0.717, 1.165) is 25.2 Å². The van der Waals surface area contributed by atoms with Gasteiger partial charge in [-0.05, 0) is 19.9 Å². The van der Waals surface area contributed by atoms with Crippen LogP contribution in [0.5, 0.6) is 0 Å². The minimum Gasteiger partial charge on any atom is -0.342 e.